The summed E-state index contributed by atoms with van der Waals surface area (Å²) in [5.41, 5.74) is 18.9. The van der Waals surface area contributed by atoms with E-state index in [1.807, 2.05) is 0 Å². The molecular weight excluding hydrogens is 689 g/mol. The first-order valence-corrected chi connectivity index (χ1v) is 19.7. The fourth-order valence-corrected chi connectivity index (χ4v) is 9.53. The monoisotopic (exact) mass is 726 g/mol. The van der Waals surface area contributed by atoms with Crippen LogP contribution in [0, 0.1) is 0 Å². The lowest BCUT2D eigenvalue weighted by Gasteiger charge is -2.33. The number of hydrogen-bond donors (Lipinski definition) is 0. The number of anilines is 6. The Morgan fingerprint density at radius 2 is 0.614 bits per heavy atom. The maximum atomic E-state index is 2.48. The van der Waals surface area contributed by atoms with Crippen LogP contribution in [0.4, 0.5) is 34.1 Å². The predicted octanol–water partition coefficient (Wildman–Crippen LogP) is 14.6. The highest BCUT2D eigenvalue weighted by atomic mass is 15.1. The molecule has 0 heterocycles. The molecule has 2 aliphatic rings. The highest BCUT2D eigenvalue weighted by Crippen LogP contribution is 2.64. The fraction of sp³-hybridized carbons (Fsp3) is 0.0182. The molecule has 0 fully saturated rings. The van der Waals surface area contributed by atoms with E-state index in [1.165, 1.54) is 55.6 Å². The maximum Gasteiger partial charge on any atom is 0.0727 e. The molecule has 0 aromatic heterocycles. The average molecular weight is 727 g/mol. The van der Waals surface area contributed by atoms with Gasteiger partial charge in [0, 0.05) is 34.0 Å². The zero-order valence-electron chi connectivity index (χ0n) is 31.3. The van der Waals surface area contributed by atoms with Gasteiger partial charge in [-0.25, -0.2) is 0 Å². The van der Waals surface area contributed by atoms with E-state index >= 15 is 0 Å². The van der Waals surface area contributed by atoms with E-state index in [9.17, 15) is 0 Å². The minimum atomic E-state index is -0.537. The molecule has 0 radical (unpaired) electrons. The molecule has 57 heavy (non-hydrogen) atoms. The van der Waals surface area contributed by atoms with Crippen molar-refractivity contribution in [3.05, 3.63) is 253 Å². The van der Waals surface area contributed by atoms with Crippen molar-refractivity contribution in [3.8, 4) is 33.4 Å². The molecule has 0 N–H and O–H groups in total. The third kappa shape index (κ3) is 5.11. The van der Waals surface area contributed by atoms with Crippen molar-refractivity contribution in [3.63, 3.8) is 0 Å². The number of hydrogen-bond acceptors (Lipinski definition) is 2. The van der Waals surface area contributed by atoms with Gasteiger partial charge >= 0.3 is 0 Å². The zero-order valence-corrected chi connectivity index (χ0v) is 31.3. The van der Waals surface area contributed by atoms with E-state index in [1.54, 1.807) is 0 Å². The lowest BCUT2D eigenvalue weighted by Crippen LogP contribution is -2.26. The van der Waals surface area contributed by atoms with Crippen LogP contribution in [0.5, 0.6) is 0 Å². The second-order valence-corrected chi connectivity index (χ2v) is 14.9. The molecule has 1 atom stereocenters. The molecule has 9 aromatic carbocycles. The summed E-state index contributed by atoms with van der Waals surface area (Å²) in [6.07, 6.45) is 0. The second-order valence-electron chi connectivity index (χ2n) is 14.9. The molecule has 0 saturated carbocycles. The van der Waals surface area contributed by atoms with Crippen LogP contribution in [0.25, 0.3) is 33.4 Å². The quantitative estimate of drug-likeness (QED) is 0.161. The van der Waals surface area contributed by atoms with Crippen LogP contribution in [-0.2, 0) is 5.41 Å². The molecule has 2 aliphatic carbocycles. The van der Waals surface area contributed by atoms with E-state index in [0.29, 0.717) is 0 Å². The highest BCUT2D eigenvalue weighted by Gasteiger charge is 2.52. The summed E-state index contributed by atoms with van der Waals surface area (Å²) >= 11 is 0. The first-order chi connectivity index (χ1) is 28.3. The van der Waals surface area contributed by atoms with Crippen LogP contribution in [-0.4, -0.2) is 0 Å². The predicted molar refractivity (Wildman–Crippen MR) is 238 cm³/mol. The smallest absolute Gasteiger partial charge is 0.0727 e. The van der Waals surface area contributed by atoms with Gasteiger partial charge in [0.2, 0.25) is 0 Å². The van der Waals surface area contributed by atoms with E-state index in [0.717, 1.165) is 34.1 Å². The summed E-state index contributed by atoms with van der Waals surface area (Å²) in [6.45, 7) is 0. The van der Waals surface area contributed by atoms with E-state index in [4.69, 9.17) is 0 Å². The lowest BCUT2D eigenvalue weighted by atomic mass is 9.70. The van der Waals surface area contributed by atoms with Crippen LogP contribution >= 0.6 is 0 Å². The Labute approximate surface area is 334 Å². The number of rotatable bonds is 7. The zero-order chi connectivity index (χ0) is 37.8. The summed E-state index contributed by atoms with van der Waals surface area (Å²) in [7, 11) is 0. The standard InChI is InChI=1S/C55H38N2/c1-5-19-39(20-6-1)45-27-15-18-32-54(45)57(42-25-11-4-12-26-42)44-34-36-49-47-29-14-17-31-51(47)55(53(49)38-44)50-30-16-13-28-46(50)48-35-33-43(37-52(48)55)56(40-21-7-2-8-22-40)41-23-9-3-10-24-41/h1-38H. The third-order valence-electron chi connectivity index (χ3n) is 11.8. The highest BCUT2D eigenvalue weighted by molar-refractivity contribution is 5.98. The van der Waals surface area contributed by atoms with Gasteiger partial charge in [-0.3, -0.25) is 0 Å². The molecule has 11 rings (SSSR count). The minimum Gasteiger partial charge on any atom is -0.310 e. The van der Waals surface area contributed by atoms with Gasteiger partial charge in [-0.05, 0) is 117 Å². The van der Waals surface area contributed by atoms with Gasteiger partial charge in [-0.15, -0.1) is 0 Å². The molecule has 0 amide bonds. The van der Waals surface area contributed by atoms with Crippen molar-refractivity contribution < 1.29 is 0 Å². The molecule has 1 spiro atoms. The van der Waals surface area contributed by atoms with Crippen molar-refractivity contribution >= 4 is 34.1 Å². The van der Waals surface area contributed by atoms with Gasteiger partial charge in [0.1, 0.15) is 0 Å². The Bertz CT molecular complexity index is 2850. The van der Waals surface area contributed by atoms with Crippen LogP contribution in [0.3, 0.4) is 0 Å². The van der Waals surface area contributed by atoms with Gasteiger partial charge in [-0.1, -0.05) is 164 Å². The molecule has 1 unspecified atom stereocenters. The average Bonchev–Trinajstić information content (AvgIpc) is 3.75. The number of nitrogens with zero attached hydrogens (tertiary/aromatic N) is 2. The fourth-order valence-electron chi connectivity index (χ4n) is 9.53. The van der Waals surface area contributed by atoms with Crippen molar-refractivity contribution in [2.45, 2.75) is 5.41 Å². The number of benzene rings is 9. The summed E-state index contributed by atoms with van der Waals surface area (Å²) in [5.74, 6) is 0. The second kappa shape index (κ2) is 13.4. The summed E-state index contributed by atoms with van der Waals surface area (Å²) in [5, 5.41) is 0. The maximum absolute atomic E-state index is 2.48. The first kappa shape index (κ1) is 33.0. The van der Waals surface area contributed by atoms with E-state index in [2.05, 4.69) is 240 Å². The van der Waals surface area contributed by atoms with Crippen molar-refractivity contribution in [2.75, 3.05) is 9.80 Å². The van der Waals surface area contributed by atoms with Gasteiger partial charge < -0.3 is 9.80 Å². The summed E-state index contributed by atoms with van der Waals surface area (Å²) in [6, 6.07) is 84.2. The Balaban J connectivity index is 1.18. The minimum absolute atomic E-state index is 0.537. The number of fused-ring (bicyclic) bond motifs is 10. The summed E-state index contributed by atoms with van der Waals surface area (Å²) in [4.78, 5) is 4.82. The topological polar surface area (TPSA) is 6.48 Å². The van der Waals surface area contributed by atoms with Crippen molar-refractivity contribution in [1.82, 2.24) is 0 Å². The van der Waals surface area contributed by atoms with Crippen LogP contribution < -0.4 is 9.80 Å². The molecule has 9 aromatic rings. The number of para-hydroxylation sites is 4. The SMILES string of the molecule is c1ccc(-c2ccccc2N(c2ccccc2)c2ccc3c(c2)C2(c4ccccc4-c4ccc(N(c5ccccc5)c5ccccc5)cc42)c2ccccc2-3)cc1. The molecule has 0 bridgehead atoms. The Morgan fingerprint density at radius 3 is 1.12 bits per heavy atom. The Kier molecular flexibility index (Phi) is 7.75. The third-order valence-corrected chi connectivity index (χ3v) is 11.8. The lowest BCUT2D eigenvalue weighted by molar-refractivity contribution is 0.793. The molecule has 268 valence electrons. The normalized spacial score (nSPS) is 14.4. The van der Waals surface area contributed by atoms with E-state index < -0.39 is 5.41 Å². The molecule has 2 heteroatoms. The van der Waals surface area contributed by atoms with Crippen LogP contribution in [0.2, 0.25) is 0 Å². The molecule has 2 nitrogen and oxygen atoms in total. The van der Waals surface area contributed by atoms with E-state index in [-0.39, 0.29) is 0 Å². The van der Waals surface area contributed by atoms with Gasteiger partial charge in [0.05, 0.1) is 11.1 Å². The molecule has 0 aliphatic heterocycles. The van der Waals surface area contributed by atoms with Crippen LogP contribution in [0.15, 0.2) is 231 Å². The first-order valence-electron chi connectivity index (χ1n) is 19.7. The van der Waals surface area contributed by atoms with Gasteiger partial charge in [0.15, 0.2) is 0 Å². The molecule has 0 saturated heterocycles. The van der Waals surface area contributed by atoms with Crippen molar-refractivity contribution in [2.24, 2.45) is 0 Å². The van der Waals surface area contributed by atoms with Crippen molar-refractivity contribution in [1.29, 1.82) is 0 Å². The Morgan fingerprint density at radius 1 is 0.246 bits per heavy atom. The van der Waals surface area contributed by atoms with Crippen LogP contribution in [0.1, 0.15) is 22.3 Å². The Hall–Kier alpha value is -7.42. The molecular formula is C55H38N2. The largest absolute Gasteiger partial charge is 0.310 e. The van der Waals surface area contributed by atoms with Gasteiger partial charge in [-0.2, -0.15) is 0 Å². The summed E-state index contributed by atoms with van der Waals surface area (Å²) < 4.78 is 0. The van der Waals surface area contributed by atoms with Gasteiger partial charge in [0.25, 0.3) is 0 Å².